The Bertz CT molecular complexity index is 451. The second kappa shape index (κ2) is 3.85. The molecule has 1 fully saturated rings. The Hall–Kier alpha value is -1.03. The number of para-hydroxylation sites is 1. The number of sulfone groups is 1. The summed E-state index contributed by atoms with van der Waals surface area (Å²) in [7, 11) is -2.91. The molecule has 1 aliphatic rings. The van der Waals surface area contributed by atoms with Crippen LogP contribution in [0.15, 0.2) is 24.3 Å². The highest BCUT2D eigenvalue weighted by Crippen LogP contribution is 2.33. The molecule has 1 atom stereocenters. The third kappa shape index (κ3) is 2.31. The van der Waals surface area contributed by atoms with E-state index >= 15 is 0 Å². The highest BCUT2D eigenvalue weighted by atomic mass is 32.2. The quantitative estimate of drug-likeness (QED) is 0.792. The molecule has 0 aliphatic carbocycles. The highest BCUT2D eigenvalue weighted by molar-refractivity contribution is 7.91. The minimum atomic E-state index is -2.91. The zero-order valence-electron chi connectivity index (χ0n) is 8.39. The van der Waals surface area contributed by atoms with Gasteiger partial charge in [-0.15, -0.1) is 0 Å². The summed E-state index contributed by atoms with van der Waals surface area (Å²) in [5, 5.41) is 9.64. The van der Waals surface area contributed by atoms with Gasteiger partial charge in [-0.05, 0) is 24.5 Å². The van der Waals surface area contributed by atoms with Crippen LogP contribution in [0.2, 0.25) is 0 Å². The molecule has 1 aromatic rings. The van der Waals surface area contributed by atoms with Gasteiger partial charge in [0.15, 0.2) is 9.84 Å². The van der Waals surface area contributed by atoms with Gasteiger partial charge in [-0.25, -0.2) is 8.42 Å². The molecule has 0 spiro atoms. The van der Waals surface area contributed by atoms with E-state index in [0.717, 1.165) is 12.0 Å². The lowest BCUT2D eigenvalue weighted by atomic mass is 9.95. The third-order valence-corrected chi connectivity index (χ3v) is 4.66. The number of benzene rings is 1. The van der Waals surface area contributed by atoms with Crippen molar-refractivity contribution in [2.45, 2.75) is 18.8 Å². The average Bonchev–Trinajstić information content (AvgIpc) is 2.17. The van der Waals surface area contributed by atoms with Gasteiger partial charge in [0, 0.05) is 5.92 Å². The monoisotopic (exact) mass is 226 g/mol. The fourth-order valence-corrected chi connectivity index (χ4v) is 3.83. The Kier molecular flexibility index (Phi) is 2.69. The maximum Gasteiger partial charge on any atom is 0.150 e. The van der Waals surface area contributed by atoms with Crippen LogP contribution in [0, 0.1) is 0 Å². The first-order valence-corrected chi connectivity index (χ1v) is 6.89. The Morgan fingerprint density at radius 2 is 2.00 bits per heavy atom. The van der Waals surface area contributed by atoms with Gasteiger partial charge in [0.1, 0.15) is 5.75 Å². The van der Waals surface area contributed by atoms with Crippen LogP contribution < -0.4 is 0 Å². The van der Waals surface area contributed by atoms with Crippen molar-refractivity contribution in [2.24, 2.45) is 0 Å². The van der Waals surface area contributed by atoms with E-state index in [1.165, 1.54) is 0 Å². The lowest BCUT2D eigenvalue weighted by Gasteiger charge is -2.22. The van der Waals surface area contributed by atoms with E-state index in [1.807, 2.05) is 6.07 Å². The van der Waals surface area contributed by atoms with Crippen LogP contribution >= 0.6 is 0 Å². The van der Waals surface area contributed by atoms with Gasteiger partial charge in [-0.3, -0.25) is 0 Å². The maximum atomic E-state index is 11.5. The van der Waals surface area contributed by atoms with E-state index in [1.54, 1.807) is 18.2 Å². The summed E-state index contributed by atoms with van der Waals surface area (Å²) in [6.45, 7) is 0. The summed E-state index contributed by atoms with van der Waals surface area (Å²) in [5.41, 5.74) is 0.765. The van der Waals surface area contributed by atoms with Crippen molar-refractivity contribution in [1.82, 2.24) is 0 Å². The molecule has 1 saturated heterocycles. The van der Waals surface area contributed by atoms with Crippen molar-refractivity contribution in [3.8, 4) is 5.75 Å². The first-order chi connectivity index (χ1) is 7.08. The number of hydrogen-bond donors (Lipinski definition) is 1. The molecular weight excluding hydrogens is 212 g/mol. The number of rotatable bonds is 1. The fraction of sp³-hybridized carbons (Fsp3) is 0.455. The zero-order valence-corrected chi connectivity index (χ0v) is 9.20. The van der Waals surface area contributed by atoms with Crippen LogP contribution in [0.3, 0.4) is 0 Å². The lowest BCUT2D eigenvalue weighted by Crippen LogP contribution is -2.23. The number of aromatic hydroxyl groups is 1. The van der Waals surface area contributed by atoms with Gasteiger partial charge in [0.25, 0.3) is 0 Å². The number of hydrogen-bond acceptors (Lipinski definition) is 3. The highest BCUT2D eigenvalue weighted by Gasteiger charge is 2.27. The molecule has 0 aromatic heterocycles. The van der Waals surface area contributed by atoms with Crippen molar-refractivity contribution in [2.75, 3.05) is 11.5 Å². The topological polar surface area (TPSA) is 54.4 Å². The lowest BCUT2D eigenvalue weighted by molar-refractivity contribution is 0.458. The Morgan fingerprint density at radius 3 is 2.67 bits per heavy atom. The SMILES string of the molecule is O=S1(=O)CCCC(c2ccccc2O)C1. The predicted molar refractivity (Wildman–Crippen MR) is 58.7 cm³/mol. The minimum Gasteiger partial charge on any atom is -0.508 e. The number of phenolic OH excluding ortho intramolecular Hbond substituents is 1. The van der Waals surface area contributed by atoms with Crippen LogP contribution in [-0.4, -0.2) is 25.0 Å². The molecular formula is C11H14O3S. The van der Waals surface area contributed by atoms with E-state index < -0.39 is 9.84 Å². The van der Waals surface area contributed by atoms with Gasteiger partial charge in [-0.2, -0.15) is 0 Å². The van der Waals surface area contributed by atoms with E-state index in [4.69, 9.17) is 0 Å². The zero-order chi connectivity index (χ0) is 10.9. The summed E-state index contributed by atoms with van der Waals surface area (Å²) in [5.74, 6) is 0.631. The predicted octanol–water partition coefficient (Wildman–Crippen LogP) is 1.68. The second-order valence-corrected chi connectivity index (χ2v) is 6.24. The molecule has 0 bridgehead atoms. The molecule has 2 rings (SSSR count). The summed E-state index contributed by atoms with van der Waals surface area (Å²) >= 11 is 0. The van der Waals surface area contributed by atoms with E-state index in [-0.39, 0.29) is 23.2 Å². The Labute approximate surface area is 89.7 Å². The van der Waals surface area contributed by atoms with Crippen LogP contribution in [0.25, 0.3) is 0 Å². The van der Waals surface area contributed by atoms with Gasteiger partial charge >= 0.3 is 0 Å². The standard InChI is InChI=1S/C11H14O3S/c12-11-6-2-1-5-10(11)9-4-3-7-15(13,14)8-9/h1-2,5-6,9,12H,3-4,7-8H2. The minimum absolute atomic E-state index is 0.0371. The molecule has 0 radical (unpaired) electrons. The van der Waals surface area contributed by atoms with Crippen molar-refractivity contribution in [3.05, 3.63) is 29.8 Å². The average molecular weight is 226 g/mol. The maximum absolute atomic E-state index is 11.5. The summed E-state index contributed by atoms with van der Waals surface area (Å²) in [6.07, 6.45) is 1.54. The fourth-order valence-electron chi connectivity index (χ4n) is 2.10. The smallest absolute Gasteiger partial charge is 0.150 e. The molecule has 15 heavy (non-hydrogen) atoms. The number of phenols is 1. The first kappa shape index (κ1) is 10.5. The van der Waals surface area contributed by atoms with Gasteiger partial charge in [0.05, 0.1) is 11.5 Å². The second-order valence-electron chi connectivity index (χ2n) is 4.01. The largest absolute Gasteiger partial charge is 0.508 e. The van der Waals surface area contributed by atoms with Crippen LogP contribution in [-0.2, 0) is 9.84 Å². The molecule has 4 heteroatoms. The van der Waals surface area contributed by atoms with Crippen LogP contribution in [0.4, 0.5) is 0 Å². The molecule has 0 amide bonds. The molecule has 1 N–H and O–H groups in total. The molecule has 3 nitrogen and oxygen atoms in total. The van der Waals surface area contributed by atoms with E-state index in [2.05, 4.69) is 0 Å². The van der Waals surface area contributed by atoms with E-state index in [9.17, 15) is 13.5 Å². The molecule has 1 heterocycles. The normalized spacial score (nSPS) is 24.9. The summed E-state index contributed by atoms with van der Waals surface area (Å²) in [4.78, 5) is 0. The van der Waals surface area contributed by atoms with Crippen LogP contribution in [0.1, 0.15) is 24.3 Å². The van der Waals surface area contributed by atoms with Gasteiger partial charge < -0.3 is 5.11 Å². The van der Waals surface area contributed by atoms with Crippen molar-refractivity contribution in [1.29, 1.82) is 0 Å². The Morgan fingerprint density at radius 1 is 1.27 bits per heavy atom. The molecule has 82 valence electrons. The van der Waals surface area contributed by atoms with Crippen molar-refractivity contribution < 1.29 is 13.5 Å². The van der Waals surface area contributed by atoms with Crippen LogP contribution in [0.5, 0.6) is 5.75 Å². The Balaban J connectivity index is 2.29. The molecule has 1 unspecified atom stereocenters. The first-order valence-electron chi connectivity index (χ1n) is 5.07. The van der Waals surface area contributed by atoms with Gasteiger partial charge in [-0.1, -0.05) is 18.2 Å². The summed E-state index contributed by atoms with van der Waals surface area (Å²) in [6, 6.07) is 6.99. The van der Waals surface area contributed by atoms with E-state index in [0.29, 0.717) is 6.42 Å². The summed E-state index contributed by atoms with van der Waals surface area (Å²) < 4.78 is 22.9. The van der Waals surface area contributed by atoms with Gasteiger partial charge in [0.2, 0.25) is 0 Å². The van der Waals surface area contributed by atoms with Crippen molar-refractivity contribution in [3.63, 3.8) is 0 Å². The third-order valence-electron chi connectivity index (χ3n) is 2.84. The molecule has 1 aliphatic heterocycles. The molecule has 0 saturated carbocycles. The van der Waals surface area contributed by atoms with Crippen molar-refractivity contribution >= 4 is 9.84 Å². The molecule has 1 aromatic carbocycles.